The van der Waals surface area contributed by atoms with Gasteiger partial charge in [-0.05, 0) is 65.0 Å². The molecule has 2 aliphatic heterocycles. The van der Waals surface area contributed by atoms with E-state index < -0.39 is 5.97 Å². The first kappa shape index (κ1) is 14.2. The predicted octanol–water partition coefficient (Wildman–Crippen LogP) is 3.59. The van der Waals surface area contributed by atoms with Crippen LogP contribution in [0, 0.1) is 0 Å². The van der Waals surface area contributed by atoms with Gasteiger partial charge in [-0.2, -0.15) is 0 Å². The molecule has 0 spiro atoms. The van der Waals surface area contributed by atoms with Crippen LogP contribution in [0.1, 0.15) is 62.0 Å². The average molecular weight is 290 g/mol. The monoisotopic (exact) mass is 290 g/mol. The van der Waals surface area contributed by atoms with E-state index in [1.807, 2.05) is 33.8 Å². The summed E-state index contributed by atoms with van der Waals surface area (Å²) in [6.07, 6.45) is 3.21. The van der Waals surface area contributed by atoms with E-state index in [1.54, 1.807) is 0 Å². The second-order valence-corrected chi connectivity index (χ2v) is 7.25. The summed E-state index contributed by atoms with van der Waals surface area (Å²) in [6, 6.07) is 1.98. The van der Waals surface area contributed by atoms with Gasteiger partial charge in [-0.1, -0.05) is 0 Å². The molecule has 0 unspecified atom stereocenters. The Balaban J connectivity index is 2.18. The standard InChI is InChI=1S/C17H22O4/c1-16(2)8-6-11-12(20-16)9-10-5-7-17(3,4)21-14(10)13(11)15(18)19/h9H,5-8H2,1-4H3,(H,18,19). The molecule has 0 atom stereocenters. The van der Waals surface area contributed by atoms with Crippen LogP contribution >= 0.6 is 0 Å². The van der Waals surface area contributed by atoms with Gasteiger partial charge >= 0.3 is 5.97 Å². The molecule has 4 heteroatoms. The number of fused-ring (bicyclic) bond motifs is 2. The van der Waals surface area contributed by atoms with Crippen LogP contribution in [0.4, 0.5) is 0 Å². The molecule has 0 bridgehead atoms. The first-order valence-electron chi connectivity index (χ1n) is 7.49. The molecule has 0 radical (unpaired) electrons. The molecule has 0 saturated carbocycles. The fourth-order valence-corrected chi connectivity index (χ4v) is 3.14. The quantitative estimate of drug-likeness (QED) is 0.858. The van der Waals surface area contributed by atoms with Crippen LogP contribution in [0.3, 0.4) is 0 Å². The van der Waals surface area contributed by atoms with E-state index in [2.05, 4.69) is 0 Å². The van der Waals surface area contributed by atoms with Gasteiger partial charge < -0.3 is 14.6 Å². The van der Waals surface area contributed by atoms with E-state index in [4.69, 9.17) is 9.47 Å². The van der Waals surface area contributed by atoms with Crippen LogP contribution in [0.15, 0.2) is 6.07 Å². The number of carboxylic acid groups (broad SMARTS) is 1. The third kappa shape index (κ3) is 2.47. The average Bonchev–Trinajstić information content (AvgIpc) is 2.34. The highest BCUT2D eigenvalue weighted by Crippen LogP contribution is 2.45. The fraction of sp³-hybridized carbons (Fsp3) is 0.588. The molecule has 2 heterocycles. The SMILES string of the molecule is CC1(C)CCc2c(cc3c(c2C(=O)O)OC(C)(C)CC3)O1. The lowest BCUT2D eigenvalue weighted by Gasteiger charge is -2.38. The van der Waals surface area contributed by atoms with E-state index in [-0.39, 0.29) is 11.2 Å². The lowest BCUT2D eigenvalue weighted by Crippen LogP contribution is -2.36. The highest BCUT2D eigenvalue weighted by molar-refractivity contribution is 5.94. The van der Waals surface area contributed by atoms with Gasteiger partial charge in [0, 0.05) is 5.56 Å². The number of aryl methyl sites for hydroxylation is 1. The Hall–Kier alpha value is -1.71. The summed E-state index contributed by atoms with van der Waals surface area (Å²) < 4.78 is 12.0. The van der Waals surface area contributed by atoms with E-state index >= 15 is 0 Å². The molecule has 0 saturated heterocycles. The molecule has 0 aliphatic carbocycles. The zero-order valence-electron chi connectivity index (χ0n) is 13.1. The Kier molecular flexibility index (Phi) is 2.98. The van der Waals surface area contributed by atoms with Gasteiger partial charge in [0.1, 0.15) is 28.3 Å². The van der Waals surface area contributed by atoms with E-state index in [0.29, 0.717) is 23.5 Å². The van der Waals surface area contributed by atoms with Gasteiger partial charge in [-0.3, -0.25) is 0 Å². The fourth-order valence-electron chi connectivity index (χ4n) is 3.14. The summed E-state index contributed by atoms with van der Waals surface area (Å²) >= 11 is 0. The molecule has 1 aromatic carbocycles. The van der Waals surface area contributed by atoms with E-state index in [1.165, 1.54) is 0 Å². The van der Waals surface area contributed by atoms with Crippen LogP contribution in [0.2, 0.25) is 0 Å². The van der Waals surface area contributed by atoms with Crippen LogP contribution in [-0.4, -0.2) is 22.3 Å². The van der Waals surface area contributed by atoms with Crippen molar-refractivity contribution in [3.63, 3.8) is 0 Å². The maximum atomic E-state index is 11.8. The van der Waals surface area contributed by atoms with Crippen LogP contribution in [0.25, 0.3) is 0 Å². The number of carboxylic acids is 1. The van der Waals surface area contributed by atoms with Gasteiger partial charge in [0.15, 0.2) is 0 Å². The topological polar surface area (TPSA) is 55.8 Å². The molecule has 0 fully saturated rings. The summed E-state index contributed by atoms with van der Waals surface area (Å²) in [5, 5.41) is 9.66. The van der Waals surface area contributed by atoms with Gasteiger partial charge in [-0.15, -0.1) is 0 Å². The first-order chi connectivity index (χ1) is 9.69. The summed E-state index contributed by atoms with van der Waals surface area (Å²) in [6.45, 7) is 8.08. The van der Waals surface area contributed by atoms with Gasteiger partial charge in [-0.25, -0.2) is 4.79 Å². The van der Waals surface area contributed by atoms with Crippen molar-refractivity contribution in [2.45, 2.75) is 64.6 Å². The largest absolute Gasteiger partial charge is 0.488 e. The number of hydrogen-bond acceptors (Lipinski definition) is 3. The van der Waals surface area contributed by atoms with Gasteiger partial charge in [0.2, 0.25) is 0 Å². The minimum absolute atomic E-state index is 0.244. The molecule has 1 N–H and O–H groups in total. The van der Waals surface area contributed by atoms with Crippen molar-refractivity contribution in [3.05, 3.63) is 22.8 Å². The number of rotatable bonds is 1. The van der Waals surface area contributed by atoms with Crippen LogP contribution in [0.5, 0.6) is 11.5 Å². The Morgan fingerprint density at radius 3 is 2.38 bits per heavy atom. The molecule has 114 valence electrons. The highest BCUT2D eigenvalue weighted by Gasteiger charge is 2.36. The van der Waals surface area contributed by atoms with Gasteiger partial charge in [0.05, 0.1) is 0 Å². The zero-order chi connectivity index (χ0) is 15.4. The lowest BCUT2D eigenvalue weighted by molar-refractivity contribution is 0.0604. The third-order valence-corrected chi connectivity index (χ3v) is 4.38. The third-order valence-electron chi connectivity index (χ3n) is 4.38. The Morgan fingerprint density at radius 2 is 1.71 bits per heavy atom. The smallest absolute Gasteiger partial charge is 0.339 e. The maximum absolute atomic E-state index is 11.8. The van der Waals surface area contributed by atoms with Gasteiger partial charge in [0.25, 0.3) is 0 Å². The highest BCUT2D eigenvalue weighted by atomic mass is 16.5. The molecule has 1 aromatic rings. The second kappa shape index (κ2) is 4.39. The predicted molar refractivity (Wildman–Crippen MR) is 79.5 cm³/mol. The summed E-state index contributed by atoms with van der Waals surface area (Å²) in [4.78, 5) is 11.8. The van der Waals surface area contributed by atoms with Crippen molar-refractivity contribution in [1.29, 1.82) is 0 Å². The molecule has 4 nitrogen and oxygen atoms in total. The maximum Gasteiger partial charge on any atom is 0.339 e. The molecular weight excluding hydrogens is 268 g/mol. The van der Waals surface area contributed by atoms with Crippen molar-refractivity contribution in [3.8, 4) is 11.5 Å². The zero-order valence-corrected chi connectivity index (χ0v) is 13.1. The molecule has 0 aromatic heterocycles. The molecule has 21 heavy (non-hydrogen) atoms. The number of carbonyl (C=O) groups is 1. The first-order valence-corrected chi connectivity index (χ1v) is 7.49. The summed E-state index contributed by atoms with van der Waals surface area (Å²) in [5.41, 5.74) is 1.46. The Morgan fingerprint density at radius 1 is 1.10 bits per heavy atom. The molecule has 2 aliphatic rings. The normalized spacial score (nSPS) is 21.5. The van der Waals surface area contributed by atoms with Crippen molar-refractivity contribution in [2.24, 2.45) is 0 Å². The Labute approximate surface area is 125 Å². The van der Waals surface area contributed by atoms with Crippen molar-refractivity contribution < 1.29 is 19.4 Å². The lowest BCUT2D eigenvalue weighted by atomic mass is 9.86. The molecule has 3 rings (SSSR count). The number of hydrogen-bond donors (Lipinski definition) is 1. The van der Waals surface area contributed by atoms with E-state index in [9.17, 15) is 9.90 Å². The van der Waals surface area contributed by atoms with Crippen molar-refractivity contribution in [1.82, 2.24) is 0 Å². The number of aromatic carboxylic acids is 1. The van der Waals surface area contributed by atoms with Crippen molar-refractivity contribution >= 4 is 5.97 Å². The Bertz CT molecular complexity index is 614. The van der Waals surface area contributed by atoms with E-state index in [0.717, 1.165) is 30.4 Å². The minimum atomic E-state index is -0.927. The number of ether oxygens (including phenoxy) is 2. The summed E-state index contributed by atoms with van der Waals surface area (Å²) in [5.74, 6) is 0.329. The van der Waals surface area contributed by atoms with Crippen LogP contribution < -0.4 is 9.47 Å². The molecular formula is C17H22O4. The minimum Gasteiger partial charge on any atom is -0.488 e. The summed E-state index contributed by atoms with van der Waals surface area (Å²) in [7, 11) is 0. The van der Waals surface area contributed by atoms with Crippen LogP contribution in [-0.2, 0) is 12.8 Å². The number of benzene rings is 1. The van der Waals surface area contributed by atoms with Crippen molar-refractivity contribution in [2.75, 3.05) is 0 Å². The molecule has 0 amide bonds. The second-order valence-electron chi connectivity index (χ2n) is 7.25.